The molecule has 13 heavy (non-hydrogen) atoms. The van der Waals surface area contributed by atoms with Gasteiger partial charge in [0, 0.05) is 14.5 Å². The summed E-state index contributed by atoms with van der Waals surface area (Å²) in [5.74, 6) is 0. The van der Waals surface area contributed by atoms with E-state index in [0.717, 1.165) is 20.2 Å². The third-order valence-corrected chi connectivity index (χ3v) is 3.45. The van der Waals surface area contributed by atoms with E-state index in [9.17, 15) is 0 Å². The summed E-state index contributed by atoms with van der Waals surface area (Å²) >= 11 is 6.82. The van der Waals surface area contributed by atoms with Gasteiger partial charge in [-0.25, -0.2) is 0 Å². The molecule has 0 aliphatic carbocycles. The van der Waals surface area contributed by atoms with Crippen LogP contribution in [0.5, 0.6) is 0 Å². The van der Waals surface area contributed by atoms with Crippen molar-refractivity contribution in [2.24, 2.45) is 5.16 Å². The Hall–Kier alpha value is -0.350. The smallest absolute Gasteiger partial charge is 0.106 e. The van der Waals surface area contributed by atoms with Crippen LogP contribution in [0, 0.1) is 0 Å². The average molecular weight is 307 g/mol. The van der Waals surface area contributed by atoms with Crippen LogP contribution in [0.3, 0.4) is 0 Å². The lowest BCUT2D eigenvalue weighted by Gasteiger charge is -2.01. The molecule has 0 unspecified atom stereocenters. The summed E-state index contributed by atoms with van der Waals surface area (Å²) in [6.45, 7) is 1.90. The molecule has 0 atom stereocenters. The minimum Gasteiger partial charge on any atom is -0.399 e. The first-order valence-corrected chi connectivity index (χ1v) is 5.27. The van der Waals surface area contributed by atoms with Crippen LogP contribution in [0.15, 0.2) is 32.3 Å². The maximum absolute atomic E-state index is 4.69. The van der Waals surface area contributed by atoms with Crippen LogP contribution in [0.25, 0.3) is 0 Å². The molecule has 0 amide bonds. The Bertz CT molecular complexity index is 336. The van der Waals surface area contributed by atoms with Gasteiger partial charge in [0.25, 0.3) is 0 Å². The fourth-order valence-electron chi connectivity index (χ4n) is 0.911. The Morgan fingerprint density at radius 3 is 2.54 bits per heavy atom. The Balaban J connectivity index is 3.04. The molecule has 1 aromatic carbocycles. The Morgan fingerprint density at radius 1 is 1.31 bits per heavy atom. The molecule has 0 spiro atoms. The second kappa shape index (κ2) is 4.77. The molecular weight excluding hydrogens is 298 g/mol. The molecule has 70 valence electrons. The zero-order chi connectivity index (χ0) is 9.84. The lowest BCUT2D eigenvalue weighted by Crippen LogP contribution is -1.94. The van der Waals surface area contributed by atoms with Crippen LogP contribution < -0.4 is 0 Å². The molecule has 0 saturated carbocycles. The van der Waals surface area contributed by atoms with Crippen molar-refractivity contribution >= 4 is 37.6 Å². The number of nitrogens with zero attached hydrogens (tertiary/aromatic N) is 1. The number of halogens is 2. The maximum atomic E-state index is 4.69. The van der Waals surface area contributed by atoms with Crippen LogP contribution >= 0.6 is 31.9 Å². The van der Waals surface area contributed by atoms with Crippen LogP contribution in [0.4, 0.5) is 0 Å². The summed E-state index contributed by atoms with van der Waals surface area (Å²) in [6.07, 6.45) is 0. The van der Waals surface area contributed by atoms with Gasteiger partial charge in [0.05, 0.1) is 5.71 Å². The Kier molecular flexibility index (Phi) is 3.93. The molecule has 0 aliphatic rings. The van der Waals surface area contributed by atoms with Gasteiger partial charge >= 0.3 is 0 Å². The monoisotopic (exact) mass is 305 g/mol. The average Bonchev–Trinajstić information content (AvgIpc) is 2.10. The molecule has 0 bridgehead atoms. The second-order valence-electron chi connectivity index (χ2n) is 2.49. The summed E-state index contributed by atoms with van der Waals surface area (Å²) in [5, 5.41) is 3.85. The van der Waals surface area contributed by atoms with Gasteiger partial charge in [-0.2, -0.15) is 0 Å². The van der Waals surface area contributed by atoms with Crippen LogP contribution in [0.1, 0.15) is 12.5 Å². The van der Waals surface area contributed by atoms with E-state index >= 15 is 0 Å². The third-order valence-electron chi connectivity index (χ3n) is 1.57. The zero-order valence-electron chi connectivity index (χ0n) is 7.34. The van der Waals surface area contributed by atoms with Crippen molar-refractivity contribution in [1.29, 1.82) is 0 Å². The van der Waals surface area contributed by atoms with E-state index in [-0.39, 0.29) is 0 Å². The lowest BCUT2D eigenvalue weighted by molar-refractivity contribution is 0.213. The first-order chi connectivity index (χ1) is 6.15. The quantitative estimate of drug-likeness (QED) is 0.604. The Labute approximate surface area is 94.2 Å². The van der Waals surface area contributed by atoms with Gasteiger partial charge in [-0.15, -0.1) is 0 Å². The van der Waals surface area contributed by atoms with E-state index in [1.165, 1.54) is 7.11 Å². The minimum absolute atomic E-state index is 0.857. The minimum atomic E-state index is 0.857. The normalized spacial score (nSPS) is 11.5. The predicted octanol–water partition coefficient (Wildman–Crippen LogP) is 3.58. The summed E-state index contributed by atoms with van der Waals surface area (Å²) < 4.78 is 2.04. The van der Waals surface area contributed by atoms with Crippen molar-refractivity contribution in [2.45, 2.75) is 6.92 Å². The summed E-state index contributed by atoms with van der Waals surface area (Å²) in [5.41, 5.74) is 1.90. The Morgan fingerprint density at radius 2 is 2.00 bits per heavy atom. The molecule has 0 aliphatic heterocycles. The predicted molar refractivity (Wildman–Crippen MR) is 61.1 cm³/mol. The van der Waals surface area contributed by atoms with Gasteiger partial charge in [-0.05, 0) is 50.9 Å². The topological polar surface area (TPSA) is 21.6 Å². The van der Waals surface area contributed by atoms with Crippen LogP contribution in [-0.4, -0.2) is 12.8 Å². The van der Waals surface area contributed by atoms with Crippen molar-refractivity contribution in [3.8, 4) is 0 Å². The maximum Gasteiger partial charge on any atom is 0.106 e. The van der Waals surface area contributed by atoms with E-state index in [2.05, 4.69) is 41.9 Å². The fraction of sp³-hybridized carbons (Fsp3) is 0.222. The molecular formula is C9H9Br2NO. The van der Waals surface area contributed by atoms with Crippen LogP contribution in [-0.2, 0) is 4.84 Å². The molecule has 1 rings (SSSR count). The molecule has 0 N–H and O–H groups in total. The summed E-state index contributed by atoms with van der Waals surface area (Å²) in [7, 11) is 1.54. The van der Waals surface area contributed by atoms with Crippen molar-refractivity contribution in [3.05, 3.63) is 32.7 Å². The molecule has 0 heterocycles. The highest BCUT2D eigenvalue weighted by atomic mass is 79.9. The van der Waals surface area contributed by atoms with Crippen LogP contribution in [0.2, 0.25) is 0 Å². The summed E-state index contributed by atoms with van der Waals surface area (Å²) in [6, 6.07) is 5.93. The molecule has 0 radical (unpaired) electrons. The van der Waals surface area contributed by atoms with E-state index in [1.807, 2.05) is 25.1 Å². The van der Waals surface area contributed by atoms with Crippen molar-refractivity contribution in [3.63, 3.8) is 0 Å². The van der Waals surface area contributed by atoms with E-state index in [4.69, 9.17) is 0 Å². The number of hydrogen-bond acceptors (Lipinski definition) is 2. The highest BCUT2D eigenvalue weighted by Gasteiger charge is 2.01. The first-order valence-electron chi connectivity index (χ1n) is 3.68. The van der Waals surface area contributed by atoms with Gasteiger partial charge in [-0.3, -0.25) is 0 Å². The molecule has 0 fully saturated rings. The van der Waals surface area contributed by atoms with E-state index < -0.39 is 0 Å². The SMILES string of the molecule is CON=C(C)c1ccc(Br)c(Br)c1. The number of hydrogen-bond donors (Lipinski definition) is 0. The van der Waals surface area contributed by atoms with Gasteiger partial charge in [0.15, 0.2) is 0 Å². The molecule has 1 aromatic rings. The largest absolute Gasteiger partial charge is 0.399 e. The number of rotatable bonds is 2. The van der Waals surface area contributed by atoms with Gasteiger partial charge < -0.3 is 4.84 Å². The second-order valence-corrected chi connectivity index (χ2v) is 4.20. The van der Waals surface area contributed by atoms with Gasteiger partial charge in [0.1, 0.15) is 7.11 Å². The van der Waals surface area contributed by atoms with Crippen molar-refractivity contribution in [2.75, 3.05) is 7.11 Å². The molecule has 0 saturated heterocycles. The van der Waals surface area contributed by atoms with Gasteiger partial charge in [0.2, 0.25) is 0 Å². The van der Waals surface area contributed by atoms with Gasteiger partial charge in [-0.1, -0.05) is 11.2 Å². The first kappa shape index (κ1) is 10.7. The van der Waals surface area contributed by atoms with E-state index in [1.54, 1.807) is 0 Å². The molecule has 4 heteroatoms. The fourth-order valence-corrected chi connectivity index (χ4v) is 1.54. The van der Waals surface area contributed by atoms with Crippen molar-refractivity contribution < 1.29 is 4.84 Å². The van der Waals surface area contributed by atoms with Crippen molar-refractivity contribution in [1.82, 2.24) is 0 Å². The molecule has 2 nitrogen and oxygen atoms in total. The summed E-state index contributed by atoms with van der Waals surface area (Å²) in [4.78, 5) is 4.69. The van der Waals surface area contributed by atoms with E-state index in [0.29, 0.717) is 0 Å². The number of oxime groups is 1. The standard InChI is InChI=1S/C9H9Br2NO/c1-6(12-13-2)7-3-4-8(10)9(11)5-7/h3-5H,1-2H3. The third kappa shape index (κ3) is 2.81. The highest BCUT2D eigenvalue weighted by molar-refractivity contribution is 9.13. The lowest BCUT2D eigenvalue weighted by atomic mass is 10.1. The number of benzene rings is 1. The zero-order valence-corrected chi connectivity index (χ0v) is 10.5. The molecule has 0 aromatic heterocycles. The highest BCUT2D eigenvalue weighted by Crippen LogP contribution is 2.23.